The van der Waals surface area contributed by atoms with Crippen molar-refractivity contribution in [2.24, 2.45) is 11.7 Å². The van der Waals surface area contributed by atoms with E-state index in [1.165, 1.54) is 32.1 Å². The third kappa shape index (κ3) is 4.35. The second-order valence-corrected chi connectivity index (χ2v) is 5.34. The maximum Gasteiger partial charge on any atom is 0.310 e. The fourth-order valence-electron chi connectivity index (χ4n) is 2.70. The van der Waals surface area contributed by atoms with Gasteiger partial charge in [-0.15, -0.1) is 0 Å². The largest absolute Gasteiger partial charge is 0.465 e. The van der Waals surface area contributed by atoms with Gasteiger partial charge in [0.25, 0.3) is 0 Å². The van der Waals surface area contributed by atoms with E-state index in [0.29, 0.717) is 25.5 Å². The first kappa shape index (κ1) is 14.1. The molecular formula is C16H23NO2. The predicted octanol–water partition coefficient (Wildman–Crippen LogP) is 2.81. The van der Waals surface area contributed by atoms with Crippen molar-refractivity contribution in [2.45, 2.75) is 45.1 Å². The van der Waals surface area contributed by atoms with E-state index in [2.05, 4.69) is 0 Å². The molecular weight excluding hydrogens is 238 g/mol. The highest BCUT2D eigenvalue weighted by molar-refractivity contribution is 5.73. The molecule has 1 aliphatic rings. The van der Waals surface area contributed by atoms with Crippen LogP contribution in [0.25, 0.3) is 0 Å². The maximum atomic E-state index is 11.9. The summed E-state index contributed by atoms with van der Waals surface area (Å²) in [4.78, 5) is 11.9. The van der Waals surface area contributed by atoms with E-state index in [1.54, 1.807) is 0 Å². The number of nitrogens with two attached hydrogens (primary N) is 1. The van der Waals surface area contributed by atoms with Crippen LogP contribution in [0.2, 0.25) is 0 Å². The molecule has 1 aliphatic carbocycles. The quantitative estimate of drug-likeness (QED) is 0.829. The van der Waals surface area contributed by atoms with Gasteiger partial charge in [-0.3, -0.25) is 4.79 Å². The first-order chi connectivity index (χ1) is 9.29. The fraction of sp³-hybridized carbons (Fsp3) is 0.562. The lowest BCUT2D eigenvalue weighted by molar-refractivity contribution is -0.144. The highest BCUT2D eigenvalue weighted by Gasteiger charge is 2.16. The van der Waals surface area contributed by atoms with E-state index in [-0.39, 0.29) is 5.97 Å². The Morgan fingerprint density at radius 2 is 1.84 bits per heavy atom. The Bertz CT molecular complexity index is 411. The van der Waals surface area contributed by atoms with E-state index >= 15 is 0 Å². The number of hydrogen-bond acceptors (Lipinski definition) is 3. The van der Waals surface area contributed by atoms with Crippen LogP contribution in [0.15, 0.2) is 24.3 Å². The summed E-state index contributed by atoms with van der Waals surface area (Å²) >= 11 is 0. The summed E-state index contributed by atoms with van der Waals surface area (Å²) in [6, 6.07) is 7.79. The van der Waals surface area contributed by atoms with Gasteiger partial charge in [0.1, 0.15) is 0 Å². The molecule has 2 N–H and O–H groups in total. The summed E-state index contributed by atoms with van der Waals surface area (Å²) in [5.74, 6) is 0.439. The van der Waals surface area contributed by atoms with Gasteiger partial charge in [-0.05, 0) is 29.9 Å². The average molecular weight is 261 g/mol. The molecule has 1 fully saturated rings. The van der Waals surface area contributed by atoms with Crippen LogP contribution in [0.4, 0.5) is 0 Å². The van der Waals surface area contributed by atoms with Gasteiger partial charge >= 0.3 is 5.97 Å². The third-order valence-corrected chi connectivity index (χ3v) is 3.88. The number of carbonyl (C=O) groups excluding carboxylic acids is 1. The molecule has 0 spiro atoms. The lowest BCUT2D eigenvalue weighted by Gasteiger charge is -2.21. The Kier molecular flexibility index (Phi) is 5.40. The van der Waals surface area contributed by atoms with Gasteiger partial charge in [0.15, 0.2) is 0 Å². The molecule has 3 nitrogen and oxygen atoms in total. The minimum absolute atomic E-state index is 0.133. The number of carbonyl (C=O) groups is 1. The highest BCUT2D eigenvalue weighted by atomic mass is 16.5. The molecule has 0 unspecified atom stereocenters. The summed E-state index contributed by atoms with van der Waals surface area (Å²) in [7, 11) is 0. The standard InChI is InChI=1S/C16H23NO2/c17-11-15-9-5-4-8-14(15)10-16(18)19-12-13-6-2-1-3-7-13/h4-5,8-9,13H,1-3,6-7,10-12,17H2. The molecule has 1 aromatic carbocycles. The number of benzene rings is 1. The Labute approximate surface area is 115 Å². The van der Waals surface area contributed by atoms with Gasteiger partial charge in [0, 0.05) is 6.54 Å². The van der Waals surface area contributed by atoms with Gasteiger partial charge in [0.05, 0.1) is 13.0 Å². The van der Waals surface area contributed by atoms with Crippen molar-refractivity contribution in [3.63, 3.8) is 0 Å². The predicted molar refractivity (Wildman–Crippen MR) is 75.6 cm³/mol. The zero-order chi connectivity index (χ0) is 13.5. The van der Waals surface area contributed by atoms with Crippen LogP contribution in [-0.2, 0) is 22.5 Å². The van der Waals surface area contributed by atoms with Crippen molar-refractivity contribution in [1.29, 1.82) is 0 Å². The van der Waals surface area contributed by atoms with Crippen molar-refractivity contribution in [1.82, 2.24) is 0 Å². The molecule has 104 valence electrons. The summed E-state index contributed by atoms with van der Waals surface area (Å²) in [6.07, 6.45) is 6.62. The van der Waals surface area contributed by atoms with Crippen molar-refractivity contribution < 1.29 is 9.53 Å². The molecule has 0 aliphatic heterocycles. The first-order valence-corrected chi connectivity index (χ1v) is 7.22. The molecule has 0 atom stereocenters. The van der Waals surface area contributed by atoms with E-state index in [4.69, 9.17) is 10.5 Å². The number of hydrogen-bond donors (Lipinski definition) is 1. The second kappa shape index (κ2) is 7.29. The summed E-state index contributed by atoms with van der Waals surface area (Å²) in [5.41, 5.74) is 7.68. The lowest BCUT2D eigenvalue weighted by atomic mass is 9.90. The van der Waals surface area contributed by atoms with E-state index in [1.807, 2.05) is 24.3 Å². The molecule has 19 heavy (non-hydrogen) atoms. The van der Waals surface area contributed by atoms with Gasteiger partial charge in [-0.2, -0.15) is 0 Å². The minimum atomic E-state index is -0.133. The monoisotopic (exact) mass is 261 g/mol. The SMILES string of the molecule is NCc1ccccc1CC(=O)OCC1CCCCC1. The molecule has 0 aromatic heterocycles. The molecule has 1 aromatic rings. The van der Waals surface area contributed by atoms with E-state index in [9.17, 15) is 4.79 Å². The molecule has 1 saturated carbocycles. The summed E-state index contributed by atoms with van der Waals surface area (Å²) < 4.78 is 5.41. The Morgan fingerprint density at radius 3 is 2.53 bits per heavy atom. The van der Waals surface area contributed by atoms with Crippen LogP contribution in [0.3, 0.4) is 0 Å². The highest BCUT2D eigenvalue weighted by Crippen LogP contribution is 2.23. The van der Waals surface area contributed by atoms with Crippen LogP contribution in [-0.4, -0.2) is 12.6 Å². The van der Waals surface area contributed by atoms with Crippen molar-refractivity contribution >= 4 is 5.97 Å². The van der Waals surface area contributed by atoms with Gasteiger partial charge in [-0.25, -0.2) is 0 Å². The Balaban J connectivity index is 1.80. The number of ether oxygens (including phenoxy) is 1. The Morgan fingerprint density at radius 1 is 1.16 bits per heavy atom. The molecule has 0 bridgehead atoms. The van der Waals surface area contributed by atoms with Crippen LogP contribution in [0, 0.1) is 5.92 Å². The molecule has 0 amide bonds. The Hall–Kier alpha value is -1.35. The smallest absolute Gasteiger partial charge is 0.310 e. The van der Waals surface area contributed by atoms with Gasteiger partial charge in [-0.1, -0.05) is 43.5 Å². The van der Waals surface area contributed by atoms with Gasteiger partial charge < -0.3 is 10.5 Å². The number of rotatable bonds is 5. The molecule has 0 saturated heterocycles. The summed E-state index contributed by atoms with van der Waals surface area (Å²) in [6.45, 7) is 1.05. The van der Waals surface area contributed by atoms with Crippen LogP contribution < -0.4 is 5.73 Å². The van der Waals surface area contributed by atoms with Crippen molar-refractivity contribution in [3.05, 3.63) is 35.4 Å². The maximum absolute atomic E-state index is 11.9. The van der Waals surface area contributed by atoms with Crippen LogP contribution in [0.5, 0.6) is 0 Å². The normalized spacial score (nSPS) is 16.3. The zero-order valence-corrected chi connectivity index (χ0v) is 11.4. The van der Waals surface area contributed by atoms with E-state index in [0.717, 1.165) is 11.1 Å². The lowest BCUT2D eigenvalue weighted by Crippen LogP contribution is -2.18. The van der Waals surface area contributed by atoms with Crippen molar-refractivity contribution in [3.8, 4) is 0 Å². The number of esters is 1. The fourth-order valence-corrected chi connectivity index (χ4v) is 2.70. The average Bonchev–Trinajstić information content (AvgIpc) is 2.47. The van der Waals surface area contributed by atoms with E-state index < -0.39 is 0 Å². The molecule has 3 heteroatoms. The topological polar surface area (TPSA) is 52.3 Å². The minimum Gasteiger partial charge on any atom is -0.465 e. The van der Waals surface area contributed by atoms with Crippen molar-refractivity contribution in [2.75, 3.05) is 6.61 Å². The second-order valence-electron chi connectivity index (χ2n) is 5.34. The first-order valence-electron chi connectivity index (χ1n) is 7.22. The summed E-state index contributed by atoms with van der Waals surface area (Å²) in [5, 5.41) is 0. The molecule has 0 radical (unpaired) electrons. The van der Waals surface area contributed by atoms with Crippen LogP contribution in [0.1, 0.15) is 43.2 Å². The molecule has 2 rings (SSSR count). The third-order valence-electron chi connectivity index (χ3n) is 3.88. The zero-order valence-electron chi connectivity index (χ0n) is 11.4. The van der Waals surface area contributed by atoms with Gasteiger partial charge in [0.2, 0.25) is 0 Å². The van der Waals surface area contributed by atoms with Crippen LogP contribution >= 0.6 is 0 Å². The molecule has 0 heterocycles.